The largest absolute Gasteiger partial charge is 0.344 e. The van der Waals surface area contributed by atoms with Crippen molar-refractivity contribution in [2.24, 2.45) is 0 Å². The summed E-state index contributed by atoms with van der Waals surface area (Å²) in [5, 5.41) is 5.39. The van der Waals surface area contributed by atoms with E-state index < -0.39 is 0 Å². The second-order valence-corrected chi connectivity index (χ2v) is 7.05. The summed E-state index contributed by atoms with van der Waals surface area (Å²) >= 11 is 0. The Labute approximate surface area is 147 Å². The first-order valence-corrected chi connectivity index (χ1v) is 9.09. The summed E-state index contributed by atoms with van der Waals surface area (Å²) in [5.74, 6) is 0.0913. The second-order valence-electron chi connectivity index (χ2n) is 7.05. The van der Waals surface area contributed by atoms with E-state index in [1.54, 1.807) is 0 Å². The molecule has 2 amide bonds. The first-order valence-electron chi connectivity index (χ1n) is 9.09. The number of quaternary nitrogens is 1. The van der Waals surface area contributed by atoms with Crippen LogP contribution in [0.2, 0.25) is 0 Å². The number of carbonyl (C=O) groups is 2. The number of fused-ring (bicyclic) bond motifs is 1. The number of rotatable bonds is 3. The normalized spacial score (nSPS) is 21.5. The molecule has 2 heterocycles. The van der Waals surface area contributed by atoms with Gasteiger partial charge < -0.3 is 15.1 Å². The van der Waals surface area contributed by atoms with Crippen molar-refractivity contribution in [1.82, 2.24) is 10.2 Å². The fourth-order valence-electron chi connectivity index (χ4n) is 3.96. The Morgan fingerprint density at radius 1 is 1.12 bits per heavy atom. The molecule has 0 aliphatic carbocycles. The van der Waals surface area contributed by atoms with Crippen molar-refractivity contribution in [3.05, 3.63) is 48.0 Å². The molecule has 0 saturated carbocycles. The molecule has 25 heavy (non-hydrogen) atoms. The summed E-state index contributed by atoms with van der Waals surface area (Å²) < 4.78 is 0. The maximum Gasteiger partial charge on any atom is 0.245 e. The smallest absolute Gasteiger partial charge is 0.245 e. The van der Waals surface area contributed by atoms with Gasteiger partial charge in [0.15, 0.2) is 0 Å². The van der Waals surface area contributed by atoms with Gasteiger partial charge in [-0.1, -0.05) is 42.5 Å². The highest BCUT2D eigenvalue weighted by atomic mass is 16.2. The summed E-state index contributed by atoms with van der Waals surface area (Å²) in [4.78, 5) is 27.2. The fourth-order valence-corrected chi connectivity index (χ4v) is 3.96. The van der Waals surface area contributed by atoms with Crippen LogP contribution in [0, 0.1) is 0 Å². The van der Waals surface area contributed by atoms with Crippen molar-refractivity contribution in [3.63, 3.8) is 0 Å². The van der Waals surface area contributed by atoms with Gasteiger partial charge in [0.25, 0.3) is 0 Å². The van der Waals surface area contributed by atoms with Crippen LogP contribution in [0.3, 0.4) is 0 Å². The van der Waals surface area contributed by atoms with E-state index in [4.69, 9.17) is 0 Å². The molecule has 2 fully saturated rings. The average molecular weight is 338 g/mol. The molecule has 0 aromatic heterocycles. The SMILES string of the molecule is O=C1CC[C@@H](C(=O)N2CC[NH+](Cc3cccc4ccccc34)CC2)N1. The van der Waals surface area contributed by atoms with Crippen molar-refractivity contribution in [1.29, 1.82) is 0 Å². The number of nitrogens with one attached hydrogen (secondary N) is 2. The minimum atomic E-state index is -0.299. The molecule has 2 aromatic carbocycles. The van der Waals surface area contributed by atoms with Crippen molar-refractivity contribution in [2.45, 2.75) is 25.4 Å². The Morgan fingerprint density at radius 3 is 2.64 bits per heavy atom. The summed E-state index contributed by atoms with van der Waals surface area (Å²) in [6.45, 7) is 4.44. The number of benzene rings is 2. The van der Waals surface area contributed by atoms with Gasteiger partial charge in [0.05, 0.1) is 26.2 Å². The number of piperazine rings is 1. The molecule has 0 spiro atoms. The van der Waals surface area contributed by atoms with Crippen LogP contribution in [0.25, 0.3) is 10.8 Å². The lowest BCUT2D eigenvalue weighted by Crippen LogP contribution is -3.13. The number of amides is 2. The van der Waals surface area contributed by atoms with Gasteiger partial charge in [0.2, 0.25) is 11.8 Å². The predicted octanol–water partition coefficient (Wildman–Crippen LogP) is 0.346. The van der Waals surface area contributed by atoms with Crippen molar-refractivity contribution in [3.8, 4) is 0 Å². The topological polar surface area (TPSA) is 53.9 Å². The number of nitrogens with zero attached hydrogens (tertiary/aromatic N) is 1. The zero-order valence-electron chi connectivity index (χ0n) is 14.3. The summed E-state index contributed by atoms with van der Waals surface area (Å²) in [7, 11) is 0. The lowest BCUT2D eigenvalue weighted by Gasteiger charge is -2.33. The van der Waals surface area contributed by atoms with Gasteiger partial charge in [0.1, 0.15) is 12.6 Å². The average Bonchev–Trinajstić information content (AvgIpc) is 3.08. The Balaban J connectivity index is 1.37. The van der Waals surface area contributed by atoms with Gasteiger partial charge in [-0.05, 0) is 17.2 Å². The quantitative estimate of drug-likeness (QED) is 0.848. The van der Waals surface area contributed by atoms with E-state index in [1.807, 2.05) is 4.90 Å². The number of hydrogen-bond acceptors (Lipinski definition) is 2. The molecule has 0 bridgehead atoms. The second kappa shape index (κ2) is 6.84. The maximum atomic E-state index is 12.5. The predicted molar refractivity (Wildman–Crippen MR) is 96.1 cm³/mol. The van der Waals surface area contributed by atoms with Crippen molar-refractivity contribution < 1.29 is 14.5 Å². The van der Waals surface area contributed by atoms with E-state index in [0.29, 0.717) is 12.8 Å². The molecule has 5 heteroatoms. The molecule has 1 atom stereocenters. The van der Waals surface area contributed by atoms with E-state index >= 15 is 0 Å². The molecule has 2 saturated heterocycles. The van der Waals surface area contributed by atoms with Crippen LogP contribution in [-0.4, -0.2) is 48.9 Å². The van der Waals surface area contributed by atoms with Gasteiger partial charge in [-0.2, -0.15) is 0 Å². The van der Waals surface area contributed by atoms with Gasteiger partial charge >= 0.3 is 0 Å². The molecular weight excluding hydrogens is 314 g/mol. The van der Waals surface area contributed by atoms with E-state index in [0.717, 1.165) is 32.7 Å². The minimum Gasteiger partial charge on any atom is -0.344 e. The zero-order valence-corrected chi connectivity index (χ0v) is 14.3. The molecule has 5 nitrogen and oxygen atoms in total. The Bertz CT molecular complexity index is 791. The third-order valence-corrected chi connectivity index (χ3v) is 5.40. The Kier molecular flexibility index (Phi) is 4.40. The summed E-state index contributed by atoms with van der Waals surface area (Å²) in [6, 6.07) is 14.7. The molecule has 130 valence electrons. The molecule has 0 radical (unpaired) electrons. The Hall–Kier alpha value is -2.40. The monoisotopic (exact) mass is 338 g/mol. The van der Waals surface area contributed by atoms with Gasteiger partial charge in [-0.25, -0.2) is 0 Å². The molecular formula is C20H24N3O2+. The van der Waals surface area contributed by atoms with E-state index in [-0.39, 0.29) is 17.9 Å². The number of hydrogen-bond donors (Lipinski definition) is 2. The highest BCUT2D eigenvalue weighted by molar-refractivity contribution is 5.90. The number of carbonyl (C=O) groups excluding carboxylic acids is 2. The van der Waals surface area contributed by atoms with Crippen LogP contribution in [0.4, 0.5) is 0 Å². The van der Waals surface area contributed by atoms with Gasteiger partial charge in [-0.15, -0.1) is 0 Å². The van der Waals surface area contributed by atoms with Crippen LogP contribution >= 0.6 is 0 Å². The Morgan fingerprint density at radius 2 is 1.88 bits per heavy atom. The lowest BCUT2D eigenvalue weighted by molar-refractivity contribution is -0.917. The lowest BCUT2D eigenvalue weighted by atomic mass is 10.0. The molecule has 2 aromatic rings. The maximum absolute atomic E-state index is 12.5. The van der Waals surface area contributed by atoms with Crippen LogP contribution in [0.5, 0.6) is 0 Å². The molecule has 2 N–H and O–H groups in total. The molecule has 4 rings (SSSR count). The van der Waals surface area contributed by atoms with Crippen molar-refractivity contribution in [2.75, 3.05) is 26.2 Å². The van der Waals surface area contributed by atoms with E-state index in [2.05, 4.69) is 47.8 Å². The fraction of sp³-hybridized carbons (Fsp3) is 0.400. The molecule has 0 unspecified atom stereocenters. The van der Waals surface area contributed by atoms with Crippen LogP contribution < -0.4 is 10.2 Å². The standard InChI is InChI=1S/C20H23N3O2/c24-19-9-8-18(21-19)20(25)23-12-10-22(11-13-23)14-16-6-3-5-15-4-1-2-7-17(15)16/h1-7,18H,8-14H2,(H,21,24)/p+1/t18-/m0/s1. The van der Waals surface area contributed by atoms with Crippen LogP contribution in [0.1, 0.15) is 18.4 Å². The van der Waals surface area contributed by atoms with Gasteiger partial charge in [0, 0.05) is 12.0 Å². The zero-order chi connectivity index (χ0) is 17.2. The van der Waals surface area contributed by atoms with Gasteiger partial charge in [-0.3, -0.25) is 9.59 Å². The highest BCUT2D eigenvalue weighted by Gasteiger charge is 2.33. The minimum absolute atomic E-state index is 0.00133. The van der Waals surface area contributed by atoms with Crippen molar-refractivity contribution >= 4 is 22.6 Å². The molecule has 2 aliphatic rings. The third kappa shape index (κ3) is 3.37. The summed E-state index contributed by atoms with van der Waals surface area (Å²) in [5.41, 5.74) is 1.37. The van der Waals surface area contributed by atoms with Crippen LogP contribution in [0.15, 0.2) is 42.5 Å². The molecule has 2 aliphatic heterocycles. The first kappa shape index (κ1) is 16.1. The first-order chi connectivity index (χ1) is 12.2. The highest BCUT2D eigenvalue weighted by Crippen LogP contribution is 2.17. The van der Waals surface area contributed by atoms with Crippen LogP contribution in [-0.2, 0) is 16.1 Å². The van der Waals surface area contributed by atoms with E-state index in [9.17, 15) is 9.59 Å². The van der Waals surface area contributed by atoms with E-state index in [1.165, 1.54) is 21.2 Å². The summed E-state index contributed by atoms with van der Waals surface area (Å²) in [6.07, 6.45) is 1.11. The third-order valence-electron chi connectivity index (χ3n) is 5.40.